The first-order valence-electron chi connectivity index (χ1n) is 9.67. The van der Waals surface area contributed by atoms with E-state index in [0.717, 1.165) is 0 Å². The van der Waals surface area contributed by atoms with Gasteiger partial charge in [0.2, 0.25) is 10.0 Å². The minimum Gasteiger partial charge on any atom is -0.487 e. The third-order valence-electron chi connectivity index (χ3n) is 4.99. The molecule has 1 saturated heterocycles. The molecule has 29 heavy (non-hydrogen) atoms. The number of amides is 1. The summed E-state index contributed by atoms with van der Waals surface area (Å²) in [5, 5.41) is 0.534. The molecule has 1 fully saturated rings. The van der Waals surface area contributed by atoms with E-state index in [1.54, 1.807) is 43.0 Å². The van der Waals surface area contributed by atoms with E-state index in [1.807, 2.05) is 12.1 Å². The number of para-hydroxylation sites is 1. The molecule has 1 aliphatic heterocycles. The second kappa shape index (κ2) is 9.15. The predicted molar refractivity (Wildman–Crippen MR) is 113 cm³/mol. The zero-order valence-electron chi connectivity index (χ0n) is 16.5. The molecule has 1 heterocycles. The summed E-state index contributed by atoms with van der Waals surface area (Å²) >= 11 is 6.14. The van der Waals surface area contributed by atoms with Crippen molar-refractivity contribution >= 4 is 27.5 Å². The van der Waals surface area contributed by atoms with Crippen LogP contribution in [0.4, 0.5) is 0 Å². The van der Waals surface area contributed by atoms with Gasteiger partial charge in [0.1, 0.15) is 11.9 Å². The average molecular weight is 437 g/mol. The molecule has 6 nitrogen and oxygen atoms in total. The number of halogens is 1. The second-order valence-corrected chi connectivity index (χ2v) is 9.17. The maximum absolute atomic E-state index is 12.9. The number of hydrogen-bond donors (Lipinski definition) is 0. The fourth-order valence-electron chi connectivity index (χ4n) is 3.41. The van der Waals surface area contributed by atoms with E-state index < -0.39 is 10.0 Å². The van der Waals surface area contributed by atoms with Gasteiger partial charge in [0.25, 0.3) is 5.91 Å². The first-order valence-corrected chi connectivity index (χ1v) is 11.5. The zero-order chi connectivity index (χ0) is 21.0. The smallest absolute Gasteiger partial charge is 0.254 e. The molecule has 2 aromatic carbocycles. The summed E-state index contributed by atoms with van der Waals surface area (Å²) in [6.45, 7) is 5.31. The third kappa shape index (κ3) is 4.74. The Kier molecular flexibility index (Phi) is 6.82. The Balaban J connectivity index is 1.72. The van der Waals surface area contributed by atoms with E-state index in [2.05, 4.69) is 0 Å². The number of rotatable bonds is 7. The van der Waals surface area contributed by atoms with Gasteiger partial charge in [0, 0.05) is 31.6 Å². The number of carbonyl (C=O) groups excluding carboxylic acids is 1. The highest BCUT2D eigenvalue weighted by atomic mass is 35.5. The third-order valence-corrected chi connectivity index (χ3v) is 7.34. The summed E-state index contributed by atoms with van der Waals surface area (Å²) in [6.07, 6.45) is 0.537. The molecule has 1 amide bonds. The van der Waals surface area contributed by atoms with Crippen LogP contribution >= 0.6 is 11.6 Å². The molecule has 156 valence electrons. The molecular formula is C21H25ClN2O4S. The van der Waals surface area contributed by atoms with Crippen molar-refractivity contribution < 1.29 is 17.9 Å². The maximum atomic E-state index is 12.9. The van der Waals surface area contributed by atoms with Crippen LogP contribution in [0.1, 0.15) is 30.6 Å². The van der Waals surface area contributed by atoms with Crippen LogP contribution in [-0.4, -0.2) is 55.8 Å². The van der Waals surface area contributed by atoms with Crippen molar-refractivity contribution in [3.8, 4) is 5.75 Å². The fraction of sp³-hybridized carbons (Fsp3) is 0.381. The van der Waals surface area contributed by atoms with Crippen LogP contribution in [0.5, 0.6) is 5.75 Å². The lowest BCUT2D eigenvalue weighted by Gasteiger charge is -2.20. The van der Waals surface area contributed by atoms with Gasteiger partial charge in [-0.05, 0) is 30.3 Å². The molecule has 1 atom stereocenters. The molecule has 0 unspecified atom stereocenters. The lowest BCUT2D eigenvalue weighted by Crippen LogP contribution is -2.32. The number of sulfonamides is 1. The predicted octanol–water partition coefficient (Wildman–Crippen LogP) is 3.66. The van der Waals surface area contributed by atoms with Crippen LogP contribution in [0.2, 0.25) is 5.02 Å². The molecule has 0 N–H and O–H groups in total. The highest BCUT2D eigenvalue weighted by Gasteiger charge is 2.30. The topological polar surface area (TPSA) is 66.9 Å². The number of benzene rings is 2. The van der Waals surface area contributed by atoms with Crippen molar-refractivity contribution in [1.29, 1.82) is 0 Å². The van der Waals surface area contributed by atoms with Crippen molar-refractivity contribution in [2.45, 2.75) is 31.3 Å². The molecule has 2 aromatic rings. The number of nitrogens with zero attached hydrogens (tertiary/aromatic N) is 2. The van der Waals surface area contributed by atoms with Crippen molar-refractivity contribution in [2.75, 3.05) is 26.2 Å². The Hall–Kier alpha value is -2.09. The van der Waals surface area contributed by atoms with Crippen molar-refractivity contribution in [3.63, 3.8) is 0 Å². The second-order valence-electron chi connectivity index (χ2n) is 6.83. The van der Waals surface area contributed by atoms with Crippen LogP contribution in [0.15, 0.2) is 53.4 Å². The van der Waals surface area contributed by atoms with Crippen LogP contribution < -0.4 is 4.74 Å². The summed E-state index contributed by atoms with van der Waals surface area (Å²) in [5.41, 5.74) is 0.358. The normalized spacial score (nSPS) is 17.0. The first-order chi connectivity index (χ1) is 13.9. The maximum Gasteiger partial charge on any atom is 0.254 e. The van der Waals surface area contributed by atoms with Gasteiger partial charge in [0.15, 0.2) is 0 Å². The Morgan fingerprint density at radius 1 is 1.17 bits per heavy atom. The highest BCUT2D eigenvalue weighted by molar-refractivity contribution is 7.89. The van der Waals surface area contributed by atoms with Crippen LogP contribution in [0, 0.1) is 0 Å². The van der Waals surface area contributed by atoms with E-state index in [9.17, 15) is 13.2 Å². The Morgan fingerprint density at radius 2 is 1.90 bits per heavy atom. The lowest BCUT2D eigenvalue weighted by molar-refractivity contribution is 0.0772. The van der Waals surface area contributed by atoms with Gasteiger partial charge < -0.3 is 9.64 Å². The van der Waals surface area contributed by atoms with Gasteiger partial charge in [-0.25, -0.2) is 8.42 Å². The molecule has 3 rings (SSSR count). The standard InChI is InChI=1S/C21H25ClN2O4S/c1-3-24(4-2)29(26,27)18-9-7-8-16(14-18)21(25)23-13-12-17(15-23)28-20-11-6-5-10-19(20)22/h5-11,14,17H,3-4,12-13,15H2,1-2H3/t17-/m0/s1. The van der Waals surface area contributed by atoms with Crippen molar-refractivity contribution in [2.24, 2.45) is 0 Å². The van der Waals surface area contributed by atoms with Crippen LogP contribution in [0.3, 0.4) is 0 Å². The van der Waals surface area contributed by atoms with Crippen LogP contribution in [-0.2, 0) is 10.0 Å². The lowest BCUT2D eigenvalue weighted by atomic mass is 10.2. The van der Waals surface area contributed by atoms with E-state index in [0.29, 0.717) is 48.9 Å². The molecule has 1 aliphatic rings. The quantitative estimate of drug-likeness (QED) is 0.664. The SMILES string of the molecule is CCN(CC)S(=O)(=O)c1cccc(C(=O)N2CC[C@H](Oc3ccccc3Cl)C2)c1. The molecule has 8 heteroatoms. The van der Waals surface area contributed by atoms with Gasteiger partial charge >= 0.3 is 0 Å². The summed E-state index contributed by atoms with van der Waals surface area (Å²) in [4.78, 5) is 14.8. The van der Waals surface area contributed by atoms with Crippen LogP contribution in [0.25, 0.3) is 0 Å². The summed E-state index contributed by atoms with van der Waals surface area (Å²) in [7, 11) is -3.61. The average Bonchev–Trinajstić information content (AvgIpc) is 3.18. The molecule has 0 bridgehead atoms. The zero-order valence-corrected chi connectivity index (χ0v) is 18.1. The number of ether oxygens (including phenoxy) is 1. The minimum absolute atomic E-state index is 0.134. The summed E-state index contributed by atoms with van der Waals surface area (Å²) in [5.74, 6) is 0.396. The summed E-state index contributed by atoms with van der Waals surface area (Å²) in [6, 6.07) is 13.5. The van der Waals surface area contributed by atoms with Gasteiger partial charge in [-0.3, -0.25) is 4.79 Å². The Morgan fingerprint density at radius 3 is 2.59 bits per heavy atom. The number of hydrogen-bond acceptors (Lipinski definition) is 4. The largest absolute Gasteiger partial charge is 0.487 e. The minimum atomic E-state index is -3.61. The van der Waals surface area contributed by atoms with Crippen molar-refractivity contribution in [1.82, 2.24) is 9.21 Å². The monoisotopic (exact) mass is 436 g/mol. The van der Waals surface area contributed by atoms with Gasteiger partial charge in [-0.1, -0.05) is 43.6 Å². The number of carbonyl (C=O) groups is 1. The molecule has 0 aromatic heterocycles. The van der Waals surface area contributed by atoms with Gasteiger partial charge in [-0.2, -0.15) is 4.31 Å². The van der Waals surface area contributed by atoms with E-state index in [-0.39, 0.29) is 16.9 Å². The van der Waals surface area contributed by atoms with Gasteiger partial charge in [0.05, 0.1) is 16.5 Å². The summed E-state index contributed by atoms with van der Waals surface area (Å²) < 4.78 is 32.8. The number of likely N-dealkylation sites (tertiary alicyclic amines) is 1. The molecular weight excluding hydrogens is 412 g/mol. The first kappa shape index (κ1) is 21.6. The molecule has 0 saturated carbocycles. The van der Waals surface area contributed by atoms with Gasteiger partial charge in [-0.15, -0.1) is 0 Å². The van der Waals surface area contributed by atoms with Crippen molar-refractivity contribution in [3.05, 3.63) is 59.1 Å². The van der Waals surface area contributed by atoms with E-state index in [4.69, 9.17) is 16.3 Å². The Labute approximate surface area is 177 Å². The van der Waals surface area contributed by atoms with E-state index >= 15 is 0 Å². The fourth-order valence-corrected chi connectivity index (χ4v) is 5.10. The molecule has 0 radical (unpaired) electrons. The Bertz CT molecular complexity index is 976. The highest BCUT2D eigenvalue weighted by Crippen LogP contribution is 2.27. The molecule has 0 spiro atoms. The van der Waals surface area contributed by atoms with E-state index in [1.165, 1.54) is 16.4 Å². The molecule has 0 aliphatic carbocycles.